The van der Waals surface area contributed by atoms with Crippen LogP contribution in [0.3, 0.4) is 0 Å². The van der Waals surface area contributed by atoms with Crippen molar-refractivity contribution in [1.82, 2.24) is 4.98 Å². The summed E-state index contributed by atoms with van der Waals surface area (Å²) in [5, 5.41) is 3.23. The van der Waals surface area contributed by atoms with Crippen molar-refractivity contribution in [1.29, 1.82) is 0 Å². The number of aromatic nitrogens is 1. The first-order valence-electron chi connectivity index (χ1n) is 6.84. The number of rotatable bonds is 4. The number of benzene rings is 1. The van der Waals surface area contributed by atoms with Crippen molar-refractivity contribution in [3.05, 3.63) is 53.2 Å². The van der Waals surface area contributed by atoms with Crippen LogP contribution in [0.5, 0.6) is 0 Å². The molecule has 1 aromatic heterocycles. The summed E-state index contributed by atoms with van der Waals surface area (Å²) >= 11 is 0. The molecule has 3 rings (SSSR count). The minimum absolute atomic E-state index is 0.366. The first-order valence-corrected chi connectivity index (χ1v) is 6.84. The van der Waals surface area contributed by atoms with E-state index in [4.69, 9.17) is 10.5 Å². The van der Waals surface area contributed by atoms with Crippen LogP contribution in [0.15, 0.2) is 36.5 Å². The molecule has 108 valence electrons. The molecule has 21 heavy (non-hydrogen) atoms. The summed E-state index contributed by atoms with van der Waals surface area (Å²) in [7, 11) is 1.34. The number of hydrogen-bond acceptors (Lipinski definition) is 5. The molecule has 3 N–H and O–H groups in total. The number of hydrogen-bond donors (Lipinski definition) is 2. The third-order valence-electron chi connectivity index (χ3n) is 3.79. The number of nitrogens with zero attached hydrogens (tertiary/aromatic N) is 1. The Balaban J connectivity index is 1.73. The second-order valence-electron chi connectivity index (χ2n) is 5.14. The fourth-order valence-electron chi connectivity index (χ4n) is 2.65. The van der Waals surface area contributed by atoms with Gasteiger partial charge in [0, 0.05) is 12.5 Å². The van der Waals surface area contributed by atoms with Gasteiger partial charge >= 0.3 is 5.97 Å². The number of fused-ring (bicyclic) bond motifs is 1. The lowest BCUT2D eigenvalue weighted by molar-refractivity contribution is 0.0601. The Morgan fingerprint density at radius 1 is 1.48 bits per heavy atom. The van der Waals surface area contributed by atoms with Gasteiger partial charge < -0.3 is 15.8 Å². The predicted molar refractivity (Wildman–Crippen MR) is 81.4 cm³/mol. The summed E-state index contributed by atoms with van der Waals surface area (Å²) in [5.74, 6) is 0.526. The number of anilines is 2. The number of ether oxygens (including phenoxy) is 1. The molecule has 1 aliphatic carbocycles. The minimum atomic E-state index is -0.439. The van der Waals surface area contributed by atoms with Crippen LogP contribution in [0.2, 0.25) is 0 Å². The first-order chi connectivity index (χ1) is 10.2. The molecule has 1 heterocycles. The zero-order valence-corrected chi connectivity index (χ0v) is 11.8. The summed E-state index contributed by atoms with van der Waals surface area (Å²) < 4.78 is 4.76. The van der Waals surface area contributed by atoms with E-state index < -0.39 is 5.97 Å². The van der Waals surface area contributed by atoms with Crippen LogP contribution in [-0.4, -0.2) is 24.6 Å². The Kier molecular flexibility index (Phi) is 3.48. The molecule has 0 saturated heterocycles. The number of esters is 1. The van der Waals surface area contributed by atoms with Gasteiger partial charge in [-0.2, -0.15) is 0 Å². The third-order valence-corrected chi connectivity index (χ3v) is 3.79. The number of nitrogen functional groups attached to an aromatic ring is 1. The molecular formula is C16H17N3O2. The molecule has 5 heteroatoms. The van der Waals surface area contributed by atoms with E-state index in [1.807, 2.05) is 6.07 Å². The van der Waals surface area contributed by atoms with Gasteiger partial charge in [0.05, 0.1) is 19.0 Å². The van der Waals surface area contributed by atoms with Gasteiger partial charge in [0.1, 0.15) is 11.4 Å². The van der Waals surface area contributed by atoms with E-state index in [0.29, 0.717) is 23.0 Å². The normalized spacial score (nSPS) is 15.8. The van der Waals surface area contributed by atoms with E-state index in [-0.39, 0.29) is 0 Å². The molecule has 1 atom stereocenters. The molecule has 0 spiro atoms. The SMILES string of the molecule is COC(=O)c1cc(N)cnc1NCC1Cc2ccccc21. The Labute approximate surface area is 123 Å². The Morgan fingerprint density at radius 3 is 3.05 bits per heavy atom. The average molecular weight is 283 g/mol. The van der Waals surface area contributed by atoms with Crippen LogP contribution in [-0.2, 0) is 11.2 Å². The quantitative estimate of drug-likeness (QED) is 0.841. The van der Waals surface area contributed by atoms with Crippen LogP contribution in [0, 0.1) is 0 Å². The number of pyridine rings is 1. The van der Waals surface area contributed by atoms with Gasteiger partial charge in [0.2, 0.25) is 0 Å². The number of carbonyl (C=O) groups is 1. The van der Waals surface area contributed by atoms with Crippen LogP contribution >= 0.6 is 0 Å². The number of methoxy groups -OCH3 is 1. The van der Waals surface area contributed by atoms with E-state index >= 15 is 0 Å². The monoisotopic (exact) mass is 283 g/mol. The summed E-state index contributed by atoms with van der Waals surface area (Å²) in [4.78, 5) is 16.0. The van der Waals surface area contributed by atoms with Crippen LogP contribution < -0.4 is 11.1 Å². The van der Waals surface area contributed by atoms with E-state index in [9.17, 15) is 4.79 Å². The summed E-state index contributed by atoms with van der Waals surface area (Å²) in [5.41, 5.74) is 9.24. The smallest absolute Gasteiger partial charge is 0.341 e. The maximum absolute atomic E-state index is 11.8. The number of nitrogens with two attached hydrogens (primary N) is 1. The number of carbonyl (C=O) groups excluding carboxylic acids is 1. The Bertz CT molecular complexity index is 685. The third kappa shape index (κ3) is 2.54. The maximum Gasteiger partial charge on any atom is 0.341 e. The summed E-state index contributed by atoms with van der Waals surface area (Å²) in [6, 6.07) is 9.97. The highest BCUT2D eigenvalue weighted by Gasteiger charge is 2.25. The second-order valence-corrected chi connectivity index (χ2v) is 5.14. The van der Waals surface area contributed by atoms with Gasteiger partial charge in [0.25, 0.3) is 0 Å². The average Bonchev–Trinajstić information content (AvgIpc) is 2.48. The molecule has 0 aliphatic heterocycles. The lowest BCUT2D eigenvalue weighted by atomic mass is 9.77. The fourth-order valence-corrected chi connectivity index (χ4v) is 2.65. The molecule has 0 radical (unpaired) electrons. The van der Waals surface area contributed by atoms with Crippen molar-refractivity contribution in [3.8, 4) is 0 Å². The molecule has 0 fully saturated rings. The molecule has 1 aliphatic rings. The van der Waals surface area contributed by atoms with Crippen LogP contribution in [0.4, 0.5) is 11.5 Å². The highest BCUT2D eigenvalue weighted by Crippen LogP contribution is 2.34. The van der Waals surface area contributed by atoms with Crippen LogP contribution in [0.25, 0.3) is 0 Å². The molecule has 0 amide bonds. The van der Waals surface area contributed by atoms with Gasteiger partial charge in [0.15, 0.2) is 0 Å². The fraction of sp³-hybridized carbons (Fsp3) is 0.250. The lowest BCUT2D eigenvalue weighted by Crippen LogP contribution is -2.25. The zero-order chi connectivity index (χ0) is 14.8. The van der Waals surface area contributed by atoms with Crippen molar-refractivity contribution in [2.45, 2.75) is 12.3 Å². The van der Waals surface area contributed by atoms with E-state index in [0.717, 1.165) is 13.0 Å². The predicted octanol–water partition coefficient (Wildman–Crippen LogP) is 2.20. The van der Waals surface area contributed by atoms with Gasteiger partial charge in [-0.05, 0) is 23.6 Å². The van der Waals surface area contributed by atoms with Crippen molar-refractivity contribution >= 4 is 17.5 Å². The lowest BCUT2D eigenvalue weighted by Gasteiger charge is -2.30. The van der Waals surface area contributed by atoms with Crippen molar-refractivity contribution in [3.63, 3.8) is 0 Å². The van der Waals surface area contributed by atoms with E-state index in [1.54, 1.807) is 6.07 Å². The summed E-state index contributed by atoms with van der Waals surface area (Å²) in [6.07, 6.45) is 2.58. The minimum Gasteiger partial charge on any atom is -0.465 e. The highest BCUT2D eigenvalue weighted by molar-refractivity contribution is 5.95. The van der Waals surface area contributed by atoms with Crippen molar-refractivity contribution < 1.29 is 9.53 Å². The molecule has 1 aromatic carbocycles. The molecule has 5 nitrogen and oxygen atoms in total. The largest absolute Gasteiger partial charge is 0.465 e. The van der Waals surface area contributed by atoms with Crippen molar-refractivity contribution in [2.75, 3.05) is 24.7 Å². The molecule has 1 unspecified atom stereocenters. The van der Waals surface area contributed by atoms with E-state index in [1.165, 1.54) is 24.4 Å². The molecule has 2 aromatic rings. The second kappa shape index (κ2) is 5.44. The van der Waals surface area contributed by atoms with Crippen LogP contribution in [0.1, 0.15) is 27.4 Å². The zero-order valence-electron chi connectivity index (χ0n) is 11.8. The summed E-state index contributed by atoms with van der Waals surface area (Å²) in [6.45, 7) is 0.734. The van der Waals surface area contributed by atoms with Gasteiger partial charge in [-0.15, -0.1) is 0 Å². The Morgan fingerprint density at radius 2 is 2.29 bits per heavy atom. The van der Waals surface area contributed by atoms with Gasteiger partial charge in [-0.25, -0.2) is 9.78 Å². The van der Waals surface area contributed by atoms with Gasteiger partial charge in [-0.1, -0.05) is 24.3 Å². The maximum atomic E-state index is 11.8. The Hall–Kier alpha value is -2.56. The molecule has 0 bridgehead atoms. The first kappa shape index (κ1) is 13.4. The topological polar surface area (TPSA) is 77.2 Å². The highest BCUT2D eigenvalue weighted by atomic mass is 16.5. The number of nitrogens with one attached hydrogen (secondary N) is 1. The standard InChI is InChI=1S/C16H17N3O2/c1-21-16(20)14-7-12(17)9-19-15(14)18-8-11-6-10-4-2-3-5-13(10)11/h2-5,7,9,11H,6,8,17H2,1H3,(H,18,19). The molecular weight excluding hydrogens is 266 g/mol. The molecule has 0 saturated carbocycles. The van der Waals surface area contributed by atoms with Crippen molar-refractivity contribution in [2.24, 2.45) is 0 Å². The van der Waals surface area contributed by atoms with Gasteiger partial charge in [-0.3, -0.25) is 0 Å². The van der Waals surface area contributed by atoms with E-state index in [2.05, 4.69) is 28.5 Å².